The van der Waals surface area contributed by atoms with Gasteiger partial charge in [0.05, 0.1) is 0 Å². The van der Waals surface area contributed by atoms with Crippen LogP contribution in [0.1, 0.15) is 0 Å². The van der Waals surface area contributed by atoms with Crippen LogP contribution in [0.25, 0.3) is 0 Å². The van der Waals surface area contributed by atoms with E-state index in [9.17, 15) is 15.5 Å². The first kappa shape index (κ1) is 33.1. The van der Waals surface area contributed by atoms with Crippen LogP contribution in [0.5, 0.6) is 0 Å². The maximum Gasteiger partial charge on any atom is 4.00 e. The summed E-state index contributed by atoms with van der Waals surface area (Å²) < 4.78 is 141. The molecule has 0 fully saturated rings. The molecule has 0 aliphatic heterocycles. The van der Waals surface area contributed by atoms with Gasteiger partial charge in [0.2, 0.25) is 0 Å². The standard InChI is InChI=1S/4FHO3S.U/c4*1-5(2,3)4;/h4*(H,2,3,4);/q;;;;+4/p-4. The minimum Gasteiger partial charge on any atom is -0.722 e. The summed E-state index contributed by atoms with van der Waals surface area (Å²) in [6.07, 6.45) is 0. The van der Waals surface area contributed by atoms with E-state index in [1.54, 1.807) is 0 Å². The molecule has 0 aliphatic carbocycles. The molecule has 0 spiro atoms. The summed E-state index contributed by atoms with van der Waals surface area (Å²) in [5, 5.41) is 0. The summed E-state index contributed by atoms with van der Waals surface area (Å²) in [7, 11) is -21.7. The van der Waals surface area contributed by atoms with Gasteiger partial charge in [0.25, 0.3) is 42.0 Å². The van der Waals surface area contributed by atoms with Gasteiger partial charge in [-0.15, -0.1) is 15.5 Å². The second-order valence-electron chi connectivity index (χ2n) is 1.57. The normalized spacial score (nSPS) is 11.0. The van der Waals surface area contributed by atoms with Crippen LogP contribution in [-0.4, -0.2) is 51.9 Å². The largest absolute Gasteiger partial charge is 4.00 e. The topological polar surface area (TPSA) is 229 Å². The van der Waals surface area contributed by atoms with Gasteiger partial charge in [0.15, 0.2) is 0 Å². The van der Waals surface area contributed by atoms with Crippen molar-refractivity contribution in [2.45, 2.75) is 0 Å². The van der Waals surface area contributed by atoms with Crippen LogP contribution in [0.2, 0.25) is 0 Å². The van der Waals surface area contributed by atoms with E-state index in [0.717, 1.165) is 0 Å². The van der Waals surface area contributed by atoms with Crippen molar-refractivity contribution in [2.75, 3.05) is 0 Å². The van der Waals surface area contributed by atoms with Crippen molar-refractivity contribution in [3.8, 4) is 0 Å². The third kappa shape index (κ3) is 40800. The molecule has 0 unspecified atom stereocenters. The molecule has 12 nitrogen and oxygen atoms in total. The molecule has 0 aromatic rings. The summed E-state index contributed by atoms with van der Waals surface area (Å²) in [4.78, 5) is 0. The predicted octanol–water partition coefficient (Wildman–Crippen LogP) is -2.34. The van der Waals surface area contributed by atoms with E-state index in [4.69, 9.17) is 51.9 Å². The Morgan fingerprint density at radius 2 is 0.429 bits per heavy atom. The smallest absolute Gasteiger partial charge is 0.722 e. The molecule has 0 saturated heterocycles. The minimum atomic E-state index is -5.42. The van der Waals surface area contributed by atoms with Gasteiger partial charge < -0.3 is 18.2 Å². The maximum atomic E-state index is 10.1. The fourth-order valence-corrected chi connectivity index (χ4v) is 0. The SMILES string of the molecule is O=S(=O)([O-])F.O=S(=O)([O-])F.O=S(=O)([O-])F.O=S(=O)([O-])F.[U+4]. The van der Waals surface area contributed by atoms with Gasteiger partial charge in [0, 0.05) is 0 Å². The Labute approximate surface area is 140 Å². The van der Waals surface area contributed by atoms with Gasteiger partial charge in [-0.3, -0.25) is 0 Å². The van der Waals surface area contributed by atoms with Gasteiger partial charge in [-0.2, -0.15) is 0 Å². The number of halogens is 4. The summed E-state index contributed by atoms with van der Waals surface area (Å²) in [6.45, 7) is 0. The molecule has 0 atom stereocenters. The number of hydrogen-bond donors (Lipinski definition) is 0. The Morgan fingerprint density at radius 3 is 0.429 bits per heavy atom. The first-order valence-electron chi connectivity index (χ1n) is 2.62. The molecule has 0 heterocycles. The molecule has 0 amide bonds. The van der Waals surface area contributed by atoms with Crippen LogP contribution in [0, 0.1) is 31.1 Å². The van der Waals surface area contributed by atoms with Crippen molar-refractivity contribution in [3.63, 3.8) is 0 Å². The number of rotatable bonds is 0. The van der Waals surface area contributed by atoms with E-state index in [2.05, 4.69) is 0 Å². The quantitative estimate of drug-likeness (QED) is 0.155. The van der Waals surface area contributed by atoms with Crippen LogP contribution < -0.4 is 0 Å². The summed E-state index contributed by atoms with van der Waals surface area (Å²) >= 11 is 0. The molecular formula is F4O12S4U. The average molecular weight is 634 g/mol. The van der Waals surface area contributed by atoms with E-state index >= 15 is 0 Å². The monoisotopic (exact) mass is 634 g/mol. The van der Waals surface area contributed by atoms with Gasteiger partial charge >= 0.3 is 31.1 Å². The average Bonchev–Trinajstić information content (AvgIpc) is 1.62. The van der Waals surface area contributed by atoms with Crippen molar-refractivity contribution >= 4 is 42.0 Å². The fraction of sp³-hybridized carbons (Fsp3) is 0. The molecule has 128 valence electrons. The third-order valence-electron chi connectivity index (χ3n) is 0. The van der Waals surface area contributed by atoms with E-state index < -0.39 is 42.0 Å². The first-order chi connectivity index (χ1) is 8.00. The number of hydrogen-bond acceptors (Lipinski definition) is 12. The summed E-state index contributed by atoms with van der Waals surface area (Å²) in [5.74, 6) is 0. The molecular weight excluding hydrogens is 634 g/mol. The first-order valence-corrected chi connectivity index (χ1v) is 7.85. The van der Waals surface area contributed by atoms with Crippen molar-refractivity contribution < 1.29 is 98.5 Å². The molecule has 0 N–H and O–H groups in total. The van der Waals surface area contributed by atoms with Crippen LogP contribution in [0.4, 0.5) is 15.5 Å². The summed E-state index contributed by atoms with van der Waals surface area (Å²) in [5.41, 5.74) is 0. The molecule has 21 heavy (non-hydrogen) atoms. The Balaban J connectivity index is -0.0000000533. The van der Waals surface area contributed by atoms with Gasteiger partial charge in [-0.1, -0.05) is 0 Å². The zero-order chi connectivity index (χ0) is 18.0. The molecule has 0 rings (SSSR count). The van der Waals surface area contributed by atoms with E-state index in [1.165, 1.54) is 0 Å². The maximum absolute atomic E-state index is 10.1. The van der Waals surface area contributed by atoms with Gasteiger partial charge in [-0.05, 0) is 0 Å². The zero-order valence-corrected chi connectivity index (χ0v) is 16.0. The minimum absolute atomic E-state index is 0. The Morgan fingerprint density at radius 1 is 0.429 bits per heavy atom. The van der Waals surface area contributed by atoms with Crippen molar-refractivity contribution in [1.29, 1.82) is 0 Å². The van der Waals surface area contributed by atoms with Crippen molar-refractivity contribution in [1.82, 2.24) is 0 Å². The molecule has 0 aromatic carbocycles. The molecule has 0 aliphatic rings. The Bertz CT molecular complexity index is 486. The van der Waals surface area contributed by atoms with E-state index in [0.29, 0.717) is 0 Å². The Hall–Kier alpha value is 0.412. The van der Waals surface area contributed by atoms with Crippen LogP contribution in [-0.2, 0) is 42.0 Å². The van der Waals surface area contributed by atoms with E-state index in [1.807, 2.05) is 0 Å². The van der Waals surface area contributed by atoms with Crippen LogP contribution in [0.15, 0.2) is 0 Å². The molecule has 21 heteroatoms. The van der Waals surface area contributed by atoms with Gasteiger partial charge in [0.1, 0.15) is 0 Å². The second kappa shape index (κ2) is 12.9. The molecule has 0 bridgehead atoms. The summed E-state index contributed by atoms with van der Waals surface area (Å²) in [6, 6.07) is 0. The van der Waals surface area contributed by atoms with Crippen molar-refractivity contribution in [3.05, 3.63) is 0 Å². The predicted molar refractivity (Wildman–Crippen MR) is 43.2 cm³/mol. The van der Waals surface area contributed by atoms with Crippen LogP contribution >= 0.6 is 0 Å². The zero-order valence-electron chi connectivity index (χ0n) is 8.54. The van der Waals surface area contributed by atoms with Crippen LogP contribution in [0.3, 0.4) is 0 Å². The van der Waals surface area contributed by atoms with E-state index in [-0.39, 0.29) is 31.1 Å². The Kier molecular flexibility index (Phi) is 20.4. The molecule has 0 aromatic heterocycles. The second-order valence-corrected chi connectivity index (χ2v) is 4.72. The van der Waals surface area contributed by atoms with Gasteiger partial charge in [-0.25, -0.2) is 33.7 Å². The fourth-order valence-electron chi connectivity index (χ4n) is 0. The third-order valence-corrected chi connectivity index (χ3v) is 0. The molecule has 0 saturated carbocycles. The molecule has 0 radical (unpaired) electrons. The van der Waals surface area contributed by atoms with Crippen molar-refractivity contribution in [2.24, 2.45) is 0 Å².